The smallest absolute Gasteiger partial charge is 0.263 e. The predicted molar refractivity (Wildman–Crippen MR) is 116 cm³/mol. The number of thiazole rings is 1. The Morgan fingerprint density at radius 2 is 2.04 bits per heavy atom. The molecule has 3 N–H and O–H groups in total. The second-order valence-corrected chi connectivity index (χ2v) is 6.52. The van der Waals surface area contributed by atoms with Gasteiger partial charge < -0.3 is 20.7 Å². The van der Waals surface area contributed by atoms with E-state index in [9.17, 15) is 4.79 Å². The van der Waals surface area contributed by atoms with Crippen LogP contribution in [-0.2, 0) is 4.74 Å². The largest absolute Gasteiger partial charge is 0.379 e. The van der Waals surface area contributed by atoms with Crippen LogP contribution in [0.4, 0.5) is 0 Å². The molecule has 1 saturated heterocycles. The highest BCUT2D eigenvalue weighted by molar-refractivity contribution is 14.0. The number of aromatic nitrogens is 1. The molecule has 0 aliphatic carbocycles. The molecular formula is C16H29IN6O2S. The molecule has 0 atom stereocenters. The molecule has 0 unspecified atom stereocenters. The van der Waals surface area contributed by atoms with E-state index in [-0.39, 0.29) is 29.9 Å². The van der Waals surface area contributed by atoms with Crippen LogP contribution in [0, 0.1) is 6.92 Å². The second kappa shape index (κ2) is 13.2. The summed E-state index contributed by atoms with van der Waals surface area (Å²) < 4.78 is 5.34. The van der Waals surface area contributed by atoms with E-state index in [1.54, 1.807) is 5.51 Å². The standard InChI is InChI=1S/C16H28N6O2S.HI/c1-3-17-16(20-6-7-22-8-10-24-11-9-22)19-5-4-18-15(23)14-13(2)21-12-25-14;/h12H,3-11H2,1-2H3,(H,18,23)(H2,17,19,20);1H. The molecular weight excluding hydrogens is 467 g/mol. The maximum atomic E-state index is 12.0. The summed E-state index contributed by atoms with van der Waals surface area (Å²) in [5.41, 5.74) is 2.46. The Bertz CT molecular complexity index is 563. The van der Waals surface area contributed by atoms with Gasteiger partial charge in [-0.3, -0.25) is 14.7 Å². The van der Waals surface area contributed by atoms with Crippen molar-refractivity contribution in [2.75, 3.05) is 59.0 Å². The Balaban J connectivity index is 0.00000338. The Hall–Kier alpha value is -0.980. The van der Waals surface area contributed by atoms with Gasteiger partial charge in [-0.25, -0.2) is 4.98 Å². The Morgan fingerprint density at radius 3 is 2.69 bits per heavy atom. The van der Waals surface area contributed by atoms with Crippen LogP contribution < -0.4 is 16.0 Å². The Kier molecular flexibility index (Phi) is 11.7. The second-order valence-electron chi connectivity index (χ2n) is 5.66. The number of ether oxygens (including phenoxy) is 1. The summed E-state index contributed by atoms with van der Waals surface area (Å²) in [5, 5.41) is 9.36. The SMILES string of the molecule is CCNC(=NCCN1CCOCC1)NCCNC(=O)c1scnc1C.I. The van der Waals surface area contributed by atoms with Gasteiger partial charge in [0.25, 0.3) is 5.91 Å². The van der Waals surface area contributed by atoms with E-state index in [4.69, 9.17) is 4.74 Å². The van der Waals surface area contributed by atoms with Gasteiger partial charge in [0.2, 0.25) is 0 Å². The van der Waals surface area contributed by atoms with E-state index >= 15 is 0 Å². The number of morpholine rings is 1. The van der Waals surface area contributed by atoms with Gasteiger partial charge in [0.05, 0.1) is 31.0 Å². The molecule has 1 aromatic rings. The van der Waals surface area contributed by atoms with Gasteiger partial charge in [-0.2, -0.15) is 0 Å². The molecule has 10 heteroatoms. The number of carbonyl (C=O) groups is 1. The molecule has 2 heterocycles. The number of amides is 1. The van der Waals surface area contributed by atoms with Crippen molar-refractivity contribution in [1.29, 1.82) is 0 Å². The van der Waals surface area contributed by atoms with Crippen molar-refractivity contribution in [3.8, 4) is 0 Å². The summed E-state index contributed by atoms with van der Waals surface area (Å²) in [6, 6.07) is 0. The van der Waals surface area contributed by atoms with Crippen LogP contribution >= 0.6 is 35.3 Å². The third kappa shape index (κ3) is 8.14. The Morgan fingerprint density at radius 1 is 1.31 bits per heavy atom. The topological polar surface area (TPSA) is 90.9 Å². The predicted octanol–water partition coefficient (Wildman–Crippen LogP) is 0.687. The lowest BCUT2D eigenvalue weighted by Crippen LogP contribution is -2.42. The first kappa shape index (κ1) is 23.1. The molecule has 0 saturated carbocycles. The highest BCUT2D eigenvalue weighted by Crippen LogP contribution is 2.11. The molecule has 2 rings (SSSR count). The third-order valence-corrected chi connectivity index (χ3v) is 4.72. The molecule has 0 aromatic carbocycles. The van der Waals surface area contributed by atoms with Gasteiger partial charge in [-0.15, -0.1) is 35.3 Å². The van der Waals surface area contributed by atoms with Crippen molar-refractivity contribution < 1.29 is 9.53 Å². The minimum atomic E-state index is -0.0731. The normalized spacial score (nSPS) is 15.2. The van der Waals surface area contributed by atoms with Gasteiger partial charge in [-0.05, 0) is 13.8 Å². The first-order valence-corrected chi connectivity index (χ1v) is 9.59. The molecule has 0 spiro atoms. The molecule has 0 radical (unpaired) electrons. The monoisotopic (exact) mass is 496 g/mol. The van der Waals surface area contributed by atoms with E-state index in [2.05, 4.69) is 30.8 Å². The maximum absolute atomic E-state index is 12.0. The average Bonchev–Trinajstić information content (AvgIpc) is 3.05. The third-order valence-electron chi connectivity index (χ3n) is 3.79. The summed E-state index contributed by atoms with van der Waals surface area (Å²) >= 11 is 1.36. The molecule has 1 amide bonds. The molecule has 1 aliphatic heterocycles. The van der Waals surface area contributed by atoms with Crippen LogP contribution in [0.5, 0.6) is 0 Å². The van der Waals surface area contributed by atoms with Crippen LogP contribution in [0.2, 0.25) is 0 Å². The first-order valence-electron chi connectivity index (χ1n) is 8.71. The summed E-state index contributed by atoms with van der Waals surface area (Å²) in [4.78, 5) is 23.7. The lowest BCUT2D eigenvalue weighted by molar-refractivity contribution is 0.0394. The van der Waals surface area contributed by atoms with Gasteiger partial charge in [0.1, 0.15) is 4.88 Å². The zero-order valence-corrected chi connectivity index (χ0v) is 18.6. The molecule has 1 aliphatic rings. The fourth-order valence-corrected chi connectivity index (χ4v) is 3.15. The van der Waals surface area contributed by atoms with Gasteiger partial charge >= 0.3 is 0 Å². The lowest BCUT2D eigenvalue weighted by atomic mass is 10.4. The minimum absolute atomic E-state index is 0. The number of guanidine groups is 1. The quantitative estimate of drug-likeness (QED) is 0.212. The van der Waals surface area contributed by atoms with E-state index in [0.29, 0.717) is 18.0 Å². The summed E-state index contributed by atoms with van der Waals surface area (Å²) in [6.45, 7) is 11.1. The van der Waals surface area contributed by atoms with Crippen LogP contribution in [0.3, 0.4) is 0 Å². The number of nitrogens with zero attached hydrogens (tertiary/aromatic N) is 3. The lowest BCUT2D eigenvalue weighted by Gasteiger charge is -2.25. The van der Waals surface area contributed by atoms with E-state index in [0.717, 1.165) is 57.6 Å². The van der Waals surface area contributed by atoms with Crippen LogP contribution in [0.1, 0.15) is 22.3 Å². The first-order chi connectivity index (χ1) is 12.2. The fraction of sp³-hybridized carbons (Fsp3) is 0.688. The molecule has 0 bridgehead atoms. The van der Waals surface area contributed by atoms with E-state index in [1.807, 2.05) is 13.8 Å². The summed E-state index contributed by atoms with van der Waals surface area (Å²) in [6.07, 6.45) is 0. The van der Waals surface area contributed by atoms with Gasteiger partial charge in [-0.1, -0.05) is 0 Å². The Labute approximate surface area is 176 Å². The number of nitrogens with one attached hydrogen (secondary N) is 3. The van der Waals surface area contributed by atoms with Crippen molar-refractivity contribution in [3.05, 3.63) is 16.1 Å². The summed E-state index contributed by atoms with van der Waals surface area (Å²) in [7, 11) is 0. The van der Waals surface area contributed by atoms with E-state index < -0.39 is 0 Å². The van der Waals surface area contributed by atoms with E-state index in [1.165, 1.54) is 11.3 Å². The van der Waals surface area contributed by atoms with Crippen molar-refractivity contribution in [2.45, 2.75) is 13.8 Å². The number of aryl methyl sites for hydroxylation is 1. The fourth-order valence-electron chi connectivity index (χ4n) is 2.43. The van der Waals surface area contributed by atoms with Gasteiger partial charge in [0, 0.05) is 39.3 Å². The van der Waals surface area contributed by atoms with Crippen molar-refractivity contribution in [1.82, 2.24) is 25.8 Å². The molecule has 1 fully saturated rings. The molecule has 148 valence electrons. The van der Waals surface area contributed by atoms with Gasteiger partial charge in [0.15, 0.2) is 5.96 Å². The van der Waals surface area contributed by atoms with Crippen LogP contribution in [0.25, 0.3) is 0 Å². The van der Waals surface area contributed by atoms with Crippen LogP contribution in [0.15, 0.2) is 10.5 Å². The highest BCUT2D eigenvalue weighted by atomic mass is 127. The number of carbonyl (C=O) groups excluding carboxylic acids is 1. The maximum Gasteiger partial charge on any atom is 0.263 e. The zero-order chi connectivity index (χ0) is 17.9. The highest BCUT2D eigenvalue weighted by Gasteiger charge is 2.11. The average molecular weight is 496 g/mol. The summed E-state index contributed by atoms with van der Waals surface area (Å²) in [5.74, 6) is 0.704. The number of rotatable bonds is 8. The minimum Gasteiger partial charge on any atom is -0.379 e. The number of halogens is 1. The van der Waals surface area contributed by atoms with Crippen molar-refractivity contribution in [2.24, 2.45) is 4.99 Å². The number of aliphatic imine (C=N–C) groups is 1. The molecule has 8 nitrogen and oxygen atoms in total. The molecule has 26 heavy (non-hydrogen) atoms. The van der Waals surface area contributed by atoms with Crippen molar-refractivity contribution in [3.63, 3.8) is 0 Å². The molecule has 1 aromatic heterocycles. The number of hydrogen-bond acceptors (Lipinski definition) is 6. The zero-order valence-electron chi connectivity index (χ0n) is 15.4. The number of hydrogen-bond donors (Lipinski definition) is 3. The van der Waals surface area contributed by atoms with Crippen LogP contribution in [-0.4, -0.2) is 80.8 Å². The van der Waals surface area contributed by atoms with Crippen molar-refractivity contribution >= 4 is 47.2 Å².